The van der Waals surface area contributed by atoms with Gasteiger partial charge in [-0.15, -0.1) is 0 Å². The number of hydrogen-bond donors (Lipinski definition) is 1. The van der Waals surface area contributed by atoms with E-state index in [0.29, 0.717) is 37.2 Å². The van der Waals surface area contributed by atoms with Gasteiger partial charge in [0.2, 0.25) is 0 Å². The van der Waals surface area contributed by atoms with E-state index in [-0.39, 0.29) is 12.5 Å². The number of hydrogen-bond acceptors (Lipinski definition) is 4. The summed E-state index contributed by atoms with van der Waals surface area (Å²) in [5.74, 6) is 0.987. The topological polar surface area (TPSA) is 64.6 Å². The lowest BCUT2D eigenvalue weighted by Crippen LogP contribution is -2.30. The fourth-order valence-electron chi connectivity index (χ4n) is 2.74. The Morgan fingerprint density at radius 2 is 1.55 bits per heavy atom. The number of amides is 1. The van der Waals surface area contributed by atoms with E-state index >= 15 is 0 Å². The fourth-order valence-corrected chi connectivity index (χ4v) is 2.74. The van der Waals surface area contributed by atoms with Gasteiger partial charge in [-0.3, -0.25) is 9.59 Å². The molecular weight excluding hydrogens is 366 g/mol. The SMILES string of the molecule is O=Cc1ccccc1OCC(=O)NCCc1ccc(OCc2ccccc2)cc1. The molecule has 0 bridgehead atoms. The van der Waals surface area contributed by atoms with Gasteiger partial charge in [0.1, 0.15) is 18.1 Å². The van der Waals surface area contributed by atoms with Gasteiger partial charge in [0.25, 0.3) is 5.91 Å². The van der Waals surface area contributed by atoms with Crippen LogP contribution in [0.5, 0.6) is 11.5 Å². The summed E-state index contributed by atoms with van der Waals surface area (Å²) in [7, 11) is 0. The minimum atomic E-state index is -0.228. The predicted molar refractivity (Wildman–Crippen MR) is 111 cm³/mol. The molecule has 0 spiro atoms. The van der Waals surface area contributed by atoms with Crippen molar-refractivity contribution < 1.29 is 19.1 Å². The molecule has 0 aliphatic rings. The van der Waals surface area contributed by atoms with Crippen molar-refractivity contribution in [2.75, 3.05) is 13.2 Å². The average molecular weight is 389 g/mol. The van der Waals surface area contributed by atoms with Crippen LogP contribution < -0.4 is 14.8 Å². The van der Waals surface area contributed by atoms with Crippen LogP contribution in [0.25, 0.3) is 0 Å². The third-order valence-corrected chi connectivity index (χ3v) is 4.31. The first-order valence-electron chi connectivity index (χ1n) is 9.44. The molecule has 1 N–H and O–H groups in total. The number of ether oxygens (including phenoxy) is 2. The highest BCUT2D eigenvalue weighted by atomic mass is 16.5. The van der Waals surface area contributed by atoms with Crippen molar-refractivity contribution in [1.82, 2.24) is 5.32 Å². The molecule has 0 aromatic heterocycles. The monoisotopic (exact) mass is 389 g/mol. The summed E-state index contributed by atoms with van der Waals surface area (Å²) in [6, 6.07) is 24.7. The van der Waals surface area contributed by atoms with Crippen LogP contribution in [0.2, 0.25) is 0 Å². The second kappa shape index (κ2) is 10.7. The number of aldehydes is 1. The molecule has 0 saturated carbocycles. The molecule has 0 unspecified atom stereocenters. The summed E-state index contributed by atoms with van der Waals surface area (Å²) in [6.07, 6.45) is 1.41. The highest BCUT2D eigenvalue weighted by molar-refractivity contribution is 5.80. The van der Waals surface area contributed by atoms with E-state index in [1.807, 2.05) is 54.6 Å². The first-order chi connectivity index (χ1) is 14.2. The van der Waals surface area contributed by atoms with Crippen molar-refractivity contribution in [3.63, 3.8) is 0 Å². The van der Waals surface area contributed by atoms with Gasteiger partial charge in [0.05, 0.1) is 5.56 Å². The van der Waals surface area contributed by atoms with Crippen LogP contribution >= 0.6 is 0 Å². The van der Waals surface area contributed by atoms with Gasteiger partial charge in [-0.25, -0.2) is 0 Å². The first-order valence-corrected chi connectivity index (χ1v) is 9.44. The predicted octanol–water partition coefficient (Wildman–Crippen LogP) is 3.82. The van der Waals surface area contributed by atoms with E-state index in [4.69, 9.17) is 9.47 Å². The van der Waals surface area contributed by atoms with Gasteiger partial charge >= 0.3 is 0 Å². The van der Waals surface area contributed by atoms with Crippen LogP contribution in [-0.2, 0) is 17.8 Å². The lowest BCUT2D eigenvalue weighted by atomic mass is 10.1. The third-order valence-electron chi connectivity index (χ3n) is 4.31. The van der Waals surface area contributed by atoms with Crippen LogP contribution in [-0.4, -0.2) is 25.3 Å². The first kappa shape index (κ1) is 20.1. The number of carbonyl (C=O) groups excluding carboxylic acids is 2. The van der Waals surface area contributed by atoms with Crippen LogP contribution in [0, 0.1) is 0 Å². The third kappa shape index (κ3) is 6.50. The summed E-state index contributed by atoms with van der Waals surface area (Å²) >= 11 is 0. The normalized spacial score (nSPS) is 10.2. The number of para-hydroxylation sites is 1. The Kier molecular flexibility index (Phi) is 7.41. The smallest absolute Gasteiger partial charge is 0.257 e. The van der Waals surface area contributed by atoms with E-state index in [9.17, 15) is 9.59 Å². The molecule has 3 aromatic rings. The maximum Gasteiger partial charge on any atom is 0.257 e. The maximum atomic E-state index is 11.9. The van der Waals surface area contributed by atoms with Gasteiger partial charge in [0, 0.05) is 6.54 Å². The van der Waals surface area contributed by atoms with E-state index in [1.165, 1.54) is 0 Å². The lowest BCUT2D eigenvalue weighted by molar-refractivity contribution is -0.123. The van der Waals surface area contributed by atoms with Gasteiger partial charge in [0.15, 0.2) is 12.9 Å². The Labute approximate surface area is 170 Å². The minimum Gasteiger partial charge on any atom is -0.489 e. The van der Waals surface area contributed by atoms with Crippen molar-refractivity contribution in [2.24, 2.45) is 0 Å². The second-order valence-electron chi connectivity index (χ2n) is 6.46. The quantitative estimate of drug-likeness (QED) is 0.536. The zero-order valence-corrected chi connectivity index (χ0v) is 16.0. The van der Waals surface area contributed by atoms with E-state index in [1.54, 1.807) is 24.3 Å². The van der Waals surface area contributed by atoms with Crippen LogP contribution in [0.4, 0.5) is 0 Å². The Hall–Kier alpha value is -3.60. The molecule has 148 valence electrons. The Morgan fingerprint density at radius 1 is 0.828 bits per heavy atom. The molecule has 29 heavy (non-hydrogen) atoms. The molecule has 5 heteroatoms. The zero-order chi connectivity index (χ0) is 20.3. The Balaban J connectivity index is 1.37. The average Bonchev–Trinajstić information content (AvgIpc) is 2.78. The molecule has 0 atom stereocenters. The molecule has 0 aliphatic carbocycles. The molecule has 0 aliphatic heterocycles. The van der Waals surface area contributed by atoms with Crippen molar-refractivity contribution in [3.8, 4) is 11.5 Å². The molecular formula is C24H23NO4. The second-order valence-corrected chi connectivity index (χ2v) is 6.46. The van der Waals surface area contributed by atoms with Crippen molar-refractivity contribution in [2.45, 2.75) is 13.0 Å². The van der Waals surface area contributed by atoms with Crippen LogP contribution in [0.15, 0.2) is 78.9 Å². The summed E-state index contributed by atoms with van der Waals surface area (Å²) in [5.41, 5.74) is 2.65. The standard InChI is InChI=1S/C24H23NO4/c26-16-21-8-4-5-9-23(21)29-18-24(27)25-15-14-19-10-12-22(13-11-19)28-17-20-6-2-1-3-7-20/h1-13,16H,14-15,17-18H2,(H,25,27). The molecule has 0 saturated heterocycles. The summed E-state index contributed by atoms with van der Waals surface area (Å²) in [4.78, 5) is 22.9. The minimum absolute atomic E-state index is 0.128. The van der Waals surface area contributed by atoms with Crippen LogP contribution in [0.1, 0.15) is 21.5 Å². The highest BCUT2D eigenvalue weighted by Crippen LogP contribution is 2.16. The van der Waals surface area contributed by atoms with E-state index in [0.717, 1.165) is 16.9 Å². The van der Waals surface area contributed by atoms with Crippen LogP contribution in [0.3, 0.4) is 0 Å². The fraction of sp³-hybridized carbons (Fsp3) is 0.167. The molecule has 0 fully saturated rings. The van der Waals surface area contributed by atoms with Crippen molar-refractivity contribution >= 4 is 12.2 Å². The molecule has 0 radical (unpaired) electrons. The molecule has 1 amide bonds. The number of rotatable bonds is 10. The highest BCUT2D eigenvalue weighted by Gasteiger charge is 2.06. The Bertz CT molecular complexity index is 923. The van der Waals surface area contributed by atoms with Gasteiger partial charge in [-0.05, 0) is 41.8 Å². The summed E-state index contributed by atoms with van der Waals surface area (Å²) < 4.78 is 11.2. The van der Waals surface area contributed by atoms with Crippen molar-refractivity contribution in [3.05, 3.63) is 95.6 Å². The number of nitrogens with one attached hydrogen (secondary N) is 1. The van der Waals surface area contributed by atoms with E-state index < -0.39 is 0 Å². The summed E-state index contributed by atoms with van der Waals surface area (Å²) in [5, 5.41) is 2.82. The number of benzene rings is 3. The Morgan fingerprint density at radius 3 is 2.31 bits per heavy atom. The van der Waals surface area contributed by atoms with E-state index in [2.05, 4.69) is 5.32 Å². The lowest BCUT2D eigenvalue weighted by Gasteiger charge is -2.10. The van der Waals surface area contributed by atoms with Gasteiger partial charge < -0.3 is 14.8 Å². The van der Waals surface area contributed by atoms with Gasteiger partial charge in [-0.2, -0.15) is 0 Å². The molecule has 3 aromatic carbocycles. The molecule has 5 nitrogen and oxygen atoms in total. The van der Waals surface area contributed by atoms with Gasteiger partial charge in [-0.1, -0.05) is 54.6 Å². The zero-order valence-electron chi connectivity index (χ0n) is 16.0. The molecule has 0 heterocycles. The maximum absolute atomic E-state index is 11.9. The van der Waals surface area contributed by atoms with Crippen molar-refractivity contribution in [1.29, 1.82) is 0 Å². The summed E-state index contributed by atoms with van der Waals surface area (Å²) in [6.45, 7) is 0.905. The number of carbonyl (C=O) groups is 2. The molecule has 3 rings (SSSR count). The largest absolute Gasteiger partial charge is 0.489 e.